The van der Waals surface area contributed by atoms with Gasteiger partial charge in [0.2, 0.25) is 11.8 Å². The Hall–Kier alpha value is -5.69. The van der Waals surface area contributed by atoms with E-state index < -0.39 is 28.9 Å². The van der Waals surface area contributed by atoms with Gasteiger partial charge in [-0.3, -0.25) is 19.5 Å². The molecule has 5 aromatic rings. The molecule has 2 heterocycles. The second-order valence-corrected chi connectivity index (χ2v) is 10.7. The molecule has 0 atom stereocenters. The Balaban J connectivity index is 1.16. The van der Waals surface area contributed by atoms with Crippen LogP contribution in [-0.2, 0) is 14.3 Å². The van der Waals surface area contributed by atoms with Crippen molar-refractivity contribution in [2.45, 2.75) is 12.8 Å². The number of hydrogen-bond acceptors (Lipinski definition) is 7. The molecule has 11 nitrogen and oxygen atoms in total. The van der Waals surface area contributed by atoms with Crippen LogP contribution in [0.2, 0.25) is 0 Å². The molecule has 46 heavy (non-hydrogen) atoms. The predicted octanol–water partition coefficient (Wildman–Crippen LogP) is 5.43. The summed E-state index contributed by atoms with van der Waals surface area (Å²) >= 11 is 0. The number of ether oxygens (including phenoxy) is 2. The van der Waals surface area contributed by atoms with Crippen molar-refractivity contribution in [3.63, 3.8) is 0 Å². The van der Waals surface area contributed by atoms with Crippen LogP contribution in [0, 0.1) is 17.0 Å². The first kappa shape index (κ1) is 30.3. The van der Waals surface area contributed by atoms with E-state index in [1.807, 2.05) is 0 Å². The summed E-state index contributed by atoms with van der Waals surface area (Å²) in [6, 6.07) is 17.6. The maximum absolute atomic E-state index is 15.3. The molecule has 0 spiro atoms. The Kier molecular flexibility index (Phi) is 8.40. The molecule has 1 aliphatic rings. The smallest absolute Gasteiger partial charge is 0.251 e. The average molecular weight is 627 g/mol. The Morgan fingerprint density at radius 2 is 1.59 bits per heavy atom. The molecule has 2 aromatic heterocycles. The lowest BCUT2D eigenvalue weighted by molar-refractivity contribution is -0.131. The lowest BCUT2D eigenvalue weighted by Gasteiger charge is -2.16. The second kappa shape index (κ2) is 12.7. The fourth-order valence-corrected chi connectivity index (χ4v) is 4.87. The minimum absolute atomic E-state index is 0.115. The summed E-state index contributed by atoms with van der Waals surface area (Å²) in [7, 11) is 1.55. The number of halogens is 2. The molecule has 1 aliphatic carbocycles. The Morgan fingerprint density at radius 1 is 0.891 bits per heavy atom. The number of nitrogens with one attached hydrogen (secondary N) is 4. The fourth-order valence-electron chi connectivity index (χ4n) is 4.87. The number of nitrogens with zero attached hydrogens (tertiary/aromatic N) is 2. The highest BCUT2D eigenvalue weighted by atomic mass is 19.1. The number of carbonyl (C=O) groups excluding carboxylic acids is 3. The van der Waals surface area contributed by atoms with Crippen molar-refractivity contribution in [1.29, 1.82) is 0 Å². The Bertz CT molecular complexity index is 1920. The van der Waals surface area contributed by atoms with Crippen LogP contribution < -0.4 is 20.7 Å². The van der Waals surface area contributed by atoms with Crippen LogP contribution in [0.5, 0.6) is 11.5 Å². The van der Waals surface area contributed by atoms with Crippen LogP contribution in [-0.4, -0.2) is 53.2 Å². The normalized spacial score (nSPS) is 13.2. The maximum Gasteiger partial charge on any atom is 0.251 e. The molecule has 1 saturated carbocycles. The summed E-state index contributed by atoms with van der Waals surface area (Å²) in [5.41, 5.74) is 1.27. The minimum atomic E-state index is -1.30. The first-order valence-corrected chi connectivity index (χ1v) is 14.3. The van der Waals surface area contributed by atoms with Crippen molar-refractivity contribution in [3.05, 3.63) is 96.2 Å². The van der Waals surface area contributed by atoms with Gasteiger partial charge in [-0.15, -0.1) is 0 Å². The summed E-state index contributed by atoms with van der Waals surface area (Å²) in [4.78, 5) is 42.5. The van der Waals surface area contributed by atoms with Gasteiger partial charge in [-0.25, -0.2) is 13.8 Å². The van der Waals surface area contributed by atoms with Crippen LogP contribution in [0.15, 0.2) is 79.0 Å². The van der Waals surface area contributed by atoms with E-state index in [0.29, 0.717) is 59.5 Å². The van der Waals surface area contributed by atoms with Gasteiger partial charge in [0, 0.05) is 48.4 Å². The zero-order valence-electron chi connectivity index (χ0n) is 24.5. The van der Waals surface area contributed by atoms with E-state index in [0.717, 1.165) is 6.07 Å². The predicted molar refractivity (Wildman–Crippen MR) is 165 cm³/mol. The van der Waals surface area contributed by atoms with E-state index in [9.17, 15) is 18.8 Å². The quantitative estimate of drug-likeness (QED) is 0.113. The molecule has 0 unspecified atom stereocenters. The minimum Gasteiger partial charge on any atom is -0.453 e. The van der Waals surface area contributed by atoms with Gasteiger partial charge in [-0.2, -0.15) is 5.10 Å². The van der Waals surface area contributed by atoms with Gasteiger partial charge in [-0.1, -0.05) is 12.1 Å². The third kappa shape index (κ3) is 6.26. The van der Waals surface area contributed by atoms with Gasteiger partial charge in [0.25, 0.3) is 5.91 Å². The molecule has 1 fully saturated rings. The largest absolute Gasteiger partial charge is 0.453 e. The molecule has 0 bridgehead atoms. The zero-order chi connectivity index (χ0) is 32.3. The fraction of sp³-hybridized carbons (Fsp3) is 0.182. The number of carbonyl (C=O) groups is 3. The van der Waals surface area contributed by atoms with Crippen LogP contribution >= 0.6 is 0 Å². The van der Waals surface area contributed by atoms with Gasteiger partial charge in [0.15, 0.2) is 17.2 Å². The number of rotatable bonds is 11. The van der Waals surface area contributed by atoms with Crippen molar-refractivity contribution in [1.82, 2.24) is 20.5 Å². The van der Waals surface area contributed by atoms with Crippen LogP contribution in [0.25, 0.3) is 22.3 Å². The number of anilines is 2. The van der Waals surface area contributed by atoms with Crippen molar-refractivity contribution in [3.8, 4) is 22.8 Å². The third-order valence-electron chi connectivity index (χ3n) is 7.57. The van der Waals surface area contributed by atoms with Crippen LogP contribution in [0.3, 0.4) is 0 Å². The zero-order valence-corrected chi connectivity index (χ0v) is 24.5. The maximum atomic E-state index is 15.3. The number of hydrogen-bond donors (Lipinski definition) is 4. The van der Waals surface area contributed by atoms with E-state index in [4.69, 9.17) is 9.47 Å². The molecular formula is C33H28F2N6O5. The van der Waals surface area contributed by atoms with E-state index in [-0.39, 0.29) is 23.1 Å². The molecule has 4 N–H and O–H groups in total. The lowest BCUT2D eigenvalue weighted by Crippen LogP contribution is -2.35. The summed E-state index contributed by atoms with van der Waals surface area (Å²) in [5, 5.41) is 15.7. The molecule has 3 aromatic carbocycles. The van der Waals surface area contributed by atoms with Crippen LogP contribution in [0.1, 0.15) is 23.2 Å². The van der Waals surface area contributed by atoms with Gasteiger partial charge < -0.3 is 25.4 Å². The lowest BCUT2D eigenvalue weighted by atomic mass is 10.0. The highest BCUT2D eigenvalue weighted by Gasteiger charge is 2.56. The van der Waals surface area contributed by atoms with E-state index in [1.165, 1.54) is 42.6 Å². The van der Waals surface area contributed by atoms with Gasteiger partial charge in [-0.05, 0) is 67.4 Å². The number of benzene rings is 3. The highest BCUT2D eigenvalue weighted by molar-refractivity contribution is 6.17. The number of H-pyrrole nitrogens is 1. The summed E-state index contributed by atoms with van der Waals surface area (Å²) in [6.07, 6.45) is 2.13. The molecule has 3 amide bonds. The molecule has 234 valence electrons. The molecular weight excluding hydrogens is 598 g/mol. The standard InChI is InChI=1S/C33H28F2N6O5/c1-45-17-16-37-30(42)20-4-2-19(3-5-20)28-27-26(12-15-36-29(27)41-40-28)46-25-11-10-23(18-24(25)35)39-32(44)33(13-14-33)31(43)38-22-8-6-21(34)7-9-22/h2-12,15,18H,13-14,16-17H2,1H3,(H,37,42)(H,38,43)(H,39,44)(H,36,40,41). The average Bonchev–Trinajstić information content (AvgIpc) is 3.77. The van der Waals surface area contributed by atoms with E-state index >= 15 is 4.39 Å². The van der Waals surface area contributed by atoms with E-state index in [1.54, 1.807) is 37.4 Å². The number of aromatic nitrogens is 3. The number of aromatic amines is 1. The Labute approximate surface area is 261 Å². The monoisotopic (exact) mass is 626 g/mol. The molecule has 6 rings (SSSR count). The number of methoxy groups -OCH3 is 1. The highest BCUT2D eigenvalue weighted by Crippen LogP contribution is 2.47. The van der Waals surface area contributed by atoms with Crippen molar-refractivity contribution in [2.75, 3.05) is 30.9 Å². The third-order valence-corrected chi connectivity index (χ3v) is 7.57. The molecule has 0 aliphatic heterocycles. The van der Waals surface area contributed by atoms with Crippen molar-refractivity contribution in [2.24, 2.45) is 5.41 Å². The molecule has 13 heteroatoms. The van der Waals surface area contributed by atoms with E-state index in [2.05, 4.69) is 31.1 Å². The second-order valence-electron chi connectivity index (χ2n) is 10.7. The van der Waals surface area contributed by atoms with Gasteiger partial charge in [0.05, 0.1) is 17.7 Å². The summed E-state index contributed by atoms with van der Waals surface area (Å²) < 4.78 is 39.4. The Morgan fingerprint density at radius 3 is 2.26 bits per heavy atom. The van der Waals surface area contributed by atoms with Crippen LogP contribution in [0.4, 0.5) is 20.2 Å². The number of pyridine rings is 1. The number of amides is 3. The molecule has 0 saturated heterocycles. The first-order chi connectivity index (χ1) is 22.3. The summed E-state index contributed by atoms with van der Waals surface area (Å²) in [6.45, 7) is 0.784. The number of fused-ring (bicyclic) bond motifs is 1. The van der Waals surface area contributed by atoms with Crippen molar-refractivity contribution < 1.29 is 32.6 Å². The topological polar surface area (TPSA) is 147 Å². The molecule has 0 radical (unpaired) electrons. The SMILES string of the molecule is COCCNC(=O)c1ccc(-c2[nH]nc3nccc(Oc4ccc(NC(=O)C5(C(=O)Nc6ccc(F)cc6)CC5)cc4F)c23)cc1. The van der Waals surface area contributed by atoms with Crippen molar-refractivity contribution >= 4 is 40.1 Å². The first-order valence-electron chi connectivity index (χ1n) is 14.3. The summed E-state index contributed by atoms with van der Waals surface area (Å²) in [5.74, 6) is -2.36. The van der Waals surface area contributed by atoms with Gasteiger partial charge in [0.1, 0.15) is 17.0 Å². The van der Waals surface area contributed by atoms with Gasteiger partial charge >= 0.3 is 0 Å².